The molecule has 1 aromatic heterocycles. The largest absolute Gasteiger partial charge is 0.461 e. The quantitative estimate of drug-likeness (QED) is 0.560. The molecule has 0 N–H and O–H groups in total. The van der Waals surface area contributed by atoms with Crippen LogP contribution in [0.3, 0.4) is 0 Å². The van der Waals surface area contributed by atoms with Crippen molar-refractivity contribution >= 4 is 28.3 Å². The van der Waals surface area contributed by atoms with Crippen molar-refractivity contribution in [3.63, 3.8) is 0 Å². The number of fused-ring (bicyclic) bond motifs is 1. The maximum absolute atomic E-state index is 13.0. The van der Waals surface area contributed by atoms with Gasteiger partial charge in [-0.2, -0.15) is 0 Å². The van der Waals surface area contributed by atoms with Gasteiger partial charge in [0.1, 0.15) is 5.69 Å². The average Bonchev–Trinajstić information content (AvgIpc) is 3.07. The van der Waals surface area contributed by atoms with E-state index in [1.165, 1.54) is 0 Å². The Morgan fingerprint density at radius 3 is 2.55 bits per heavy atom. The molecule has 5 nitrogen and oxygen atoms in total. The van der Waals surface area contributed by atoms with Gasteiger partial charge in [0, 0.05) is 42.0 Å². The van der Waals surface area contributed by atoms with Crippen LogP contribution >= 0.6 is 11.6 Å². The Morgan fingerprint density at radius 1 is 1.07 bits per heavy atom. The van der Waals surface area contributed by atoms with E-state index in [0.717, 1.165) is 54.9 Å². The number of benzene rings is 2. The molecule has 29 heavy (non-hydrogen) atoms. The minimum atomic E-state index is -0.302. The van der Waals surface area contributed by atoms with Gasteiger partial charge in [-0.05, 0) is 24.6 Å². The molecule has 1 aliphatic heterocycles. The SMILES string of the molecule is CCOC(=O)c1c2ccc(Cl)cc2c(-c2ccccc2)n1CCN1CCOCC1. The van der Waals surface area contributed by atoms with Crippen molar-refractivity contribution < 1.29 is 14.3 Å². The van der Waals surface area contributed by atoms with E-state index in [4.69, 9.17) is 21.1 Å². The Kier molecular flexibility index (Phi) is 6.19. The summed E-state index contributed by atoms with van der Waals surface area (Å²) in [6, 6.07) is 15.8. The molecule has 4 rings (SSSR count). The summed E-state index contributed by atoms with van der Waals surface area (Å²) in [4.78, 5) is 15.3. The van der Waals surface area contributed by atoms with Gasteiger partial charge in [-0.3, -0.25) is 4.90 Å². The van der Waals surface area contributed by atoms with Crippen molar-refractivity contribution in [3.8, 4) is 11.3 Å². The van der Waals surface area contributed by atoms with Gasteiger partial charge >= 0.3 is 5.97 Å². The van der Waals surface area contributed by atoms with E-state index >= 15 is 0 Å². The molecule has 6 heteroatoms. The van der Waals surface area contributed by atoms with Crippen LogP contribution in [0.1, 0.15) is 17.4 Å². The van der Waals surface area contributed by atoms with Crippen LogP contribution in [0.2, 0.25) is 5.02 Å². The van der Waals surface area contributed by atoms with E-state index in [1.807, 2.05) is 43.3 Å². The fraction of sp³-hybridized carbons (Fsp3) is 0.348. The first-order valence-electron chi connectivity index (χ1n) is 10.0. The molecular formula is C23H25ClN2O3. The van der Waals surface area contributed by atoms with Crippen molar-refractivity contribution in [2.75, 3.05) is 39.5 Å². The van der Waals surface area contributed by atoms with Crippen LogP contribution in [-0.4, -0.2) is 54.9 Å². The minimum Gasteiger partial charge on any atom is -0.461 e. The molecule has 1 saturated heterocycles. The van der Waals surface area contributed by atoms with E-state index < -0.39 is 0 Å². The summed E-state index contributed by atoms with van der Waals surface area (Å²) in [5, 5.41) is 2.48. The summed E-state index contributed by atoms with van der Waals surface area (Å²) in [6.45, 7) is 7.00. The zero-order valence-electron chi connectivity index (χ0n) is 16.6. The van der Waals surface area contributed by atoms with Crippen molar-refractivity contribution in [2.45, 2.75) is 13.5 Å². The zero-order valence-corrected chi connectivity index (χ0v) is 17.3. The number of aromatic nitrogens is 1. The molecule has 1 fully saturated rings. The van der Waals surface area contributed by atoms with Crippen molar-refractivity contribution in [3.05, 3.63) is 59.2 Å². The van der Waals surface area contributed by atoms with Crippen LogP contribution in [0.15, 0.2) is 48.5 Å². The summed E-state index contributed by atoms with van der Waals surface area (Å²) < 4.78 is 13.0. The Morgan fingerprint density at radius 2 is 1.83 bits per heavy atom. The average molecular weight is 413 g/mol. The highest BCUT2D eigenvalue weighted by atomic mass is 35.5. The molecule has 2 heterocycles. The van der Waals surface area contributed by atoms with Crippen LogP contribution in [0, 0.1) is 0 Å². The lowest BCUT2D eigenvalue weighted by atomic mass is 10.1. The lowest BCUT2D eigenvalue weighted by molar-refractivity contribution is 0.0358. The number of nitrogens with zero attached hydrogens (tertiary/aromatic N) is 2. The molecule has 0 atom stereocenters. The van der Waals surface area contributed by atoms with Gasteiger partial charge in [0.15, 0.2) is 0 Å². The summed E-state index contributed by atoms with van der Waals surface area (Å²) in [6.07, 6.45) is 0. The molecule has 0 radical (unpaired) electrons. The number of carbonyl (C=O) groups excluding carboxylic acids is 1. The minimum absolute atomic E-state index is 0.302. The van der Waals surface area contributed by atoms with Crippen LogP contribution in [0.5, 0.6) is 0 Å². The monoisotopic (exact) mass is 412 g/mol. The first kappa shape index (κ1) is 20.0. The smallest absolute Gasteiger partial charge is 0.355 e. The highest BCUT2D eigenvalue weighted by Gasteiger charge is 2.24. The van der Waals surface area contributed by atoms with Gasteiger partial charge in [0.2, 0.25) is 0 Å². The Hall–Kier alpha value is -2.34. The third-order valence-electron chi connectivity index (χ3n) is 5.29. The van der Waals surface area contributed by atoms with E-state index in [9.17, 15) is 4.79 Å². The van der Waals surface area contributed by atoms with E-state index in [1.54, 1.807) is 0 Å². The predicted molar refractivity (Wildman–Crippen MR) is 116 cm³/mol. The number of ether oxygens (including phenoxy) is 2. The van der Waals surface area contributed by atoms with Gasteiger partial charge in [-0.15, -0.1) is 0 Å². The van der Waals surface area contributed by atoms with Crippen LogP contribution in [-0.2, 0) is 16.0 Å². The molecule has 0 aliphatic carbocycles. The molecule has 0 amide bonds. The van der Waals surface area contributed by atoms with Crippen LogP contribution in [0.25, 0.3) is 22.0 Å². The lowest BCUT2D eigenvalue weighted by Gasteiger charge is -2.27. The first-order valence-corrected chi connectivity index (χ1v) is 10.4. The highest BCUT2D eigenvalue weighted by molar-refractivity contribution is 6.31. The summed E-state index contributed by atoms with van der Waals surface area (Å²) in [5.74, 6) is -0.302. The predicted octanol–water partition coefficient (Wildman–Crippen LogP) is 4.47. The Labute approximate surface area is 175 Å². The molecule has 0 saturated carbocycles. The molecule has 0 bridgehead atoms. The van der Waals surface area contributed by atoms with Gasteiger partial charge in [-0.25, -0.2) is 4.79 Å². The summed E-state index contributed by atoms with van der Waals surface area (Å²) in [5.41, 5.74) is 2.64. The molecule has 0 spiro atoms. The zero-order chi connectivity index (χ0) is 20.2. The third-order valence-corrected chi connectivity index (χ3v) is 5.53. The third kappa shape index (κ3) is 4.17. The van der Waals surface area contributed by atoms with Crippen molar-refractivity contribution in [1.29, 1.82) is 0 Å². The summed E-state index contributed by atoms with van der Waals surface area (Å²) in [7, 11) is 0. The van der Waals surface area contributed by atoms with Crippen molar-refractivity contribution in [2.24, 2.45) is 0 Å². The van der Waals surface area contributed by atoms with Gasteiger partial charge < -0.3 is 14.0 Å². The second kappa shape index (κ2) is 8.99. The number of carbonyl (C=O) groups is 1. The van der Waals surface area contributed by atoms with Gasteiger partial charge in [-0.1, -0.05) is 48.0 Å². The second-order valence-corrected chi connectivity index (χ2v) is 7.52. The molecule has 2 aromatic carbocycles. The maximum atomic E-state index is 13.0. The molecule has 152 valence electrons. The fourth-order valence-corrected chi connectivity index (χ4v) is 4.11. The fourth-order valence-electron chi connectivity index (χ4n) is 3.94. The standard InChI is InChI=1S/C23H25ClN2O3/c1-2-29-23(27)22-19-9-8-18(24)16-20(19)21(17-6-4-3-5-7-17)26(22)11-10-25-12-14-28-15-13-25/h3-9,16H,2,10-15H2,1H3. The van der Waals surface area contributed by atoms with E-state index in [-0.39, 0.29) is 5.97 Å². The van der Waals surface area contributed by atoms with Crippen molar-refractivity contribution in [1.82, 2.24) is 9.47 Å². The number of morpholine rings is 1. The number of rotatable bonds is 6. The second-order valence-electron chi connectivity index (χ2n) is 7.08. The molecule has 3 aromatic rings. The van der Waals surface area contributed by atoms with Gasteiger partial charge in [0.25, 0.3) is 0 Å². The number of hydrogen-bond donors (Lipinski definition) is 0. The normalized spacial score (nSPS) is 15.0. The topological polar surface area (TPSA) is 43.7 Å². The Bertz CT molecular complexity index is 994. The maximum Gasteiger partial charge on any atom is 0.355 e. The summed E-state index contributed by atoms with van der Waals surface area (Å²) >= 11 is 6.33. The molecular weight excluding hydrogens is 388 g/mol. The highest BCUT2D eigenvalue weighted by Crippen LogP contribution is 2.36. The Balaban J connectivity index is 1.86. The van der Waals surface area contributed by atoms with E-state index in [2.05, 4.69) is 21.6 Å². The van der Waals surface area contributed by atoms with Crippen LogP contribution < -0.4 is 0 Å². The number of esters is 1. The van der Waals surface area contributed by atoms with Gasteiger partial charge in [0.05, 0.1) is 25.5 Å². The van der Waals surface area contributed by atoms with E-state index in [0.29, 0.717) is 23.9 Å². The molecule has 1 aliphatic rings. The number of halogens is 1. The number of hydrogen-bond acceptors (Lipinski definition) is 4. The van der Waals surface area contributed by atoms with Crippen LogP contribution in [0.4, 0.5) is 0 Å². The molecule has 0 unspecified atom stereocenters. The lowest BCUT2D eigenvalue weighted by Crippen LogP contribution is -2.38. The first-order chi connectivity index (χ1) is 14.2.